The summed E-state index contributed by atoms with van der Waals surface area (Å²) in [5.74, 6) is -2.08. The average Bonchev–Trinajstić information content (AvgIpc) is 4.01. The molecule has 1 spiro atoms. The molecule has 378 valence electrons. The van der Waals surface area contributed by atoms with Crippen LogP contribution in [0.3, 0.4) is 0 Å². The van der Waals surface area contributed by atoms with E-state index in [9.17, 15) is 19.9 Å². The molecule has 15 nitrogen and oxygen atoms in total. The molecule has 11 atom stereocenters. The van der Waals surface area contributed by atoms with Gasteiger partial charge in [-0.1, -0.05) is 70.4 Å². The smallest absolute Gasteiger partial charge is 0.352 e. The number of piperidine rings is 1. The third-order valence-corrected chi connectivity index (χ3v) is 20.0. The summed E-state index contributed by atoms with van der Waals surface area (Å²) >= 11 is 0. The van der Waals surface area contributed by atoms with Crippen LogP contribution in [0.4, 0.5) is 5.69 Å². The van der Waals surface area contributed by atoms with E-state index < -0.39 is 64.8 Å². The summed E-state index contributed by atoms with van der Waals surface area (Å²) in [6.07, 6.45) is 7.99. The van der Waals surface area contributed by atoms with Crippen LogP contribution in [0.25, 0.3) is 10.9 Å². The molecule has 1 aliphatic carbocycles. The highest BCUT2D eigenvalue weighted by Gasteiger charge is 2.79. The van der Waals surface area contributed by atoms with Crippen LogP contribution in [0.1, 0.15) is 115 Å². The number of amides is 1. The van der Waals surface area contributed by atoms with Crippen LogP contribution in [0.15, 0.2) is 48.6 Å². The highest BCUT2D eigenvalue weighted by Crippen LogP contribution is 2.68. The molecule has 2 unspecified atom stereocenters. The first kappa shape index (κ1) is 50.2. The maximum atomic E-state index is 15.7. The predicted octanol–water partition coefficient (Wildman–Crippen LogP) is 6.54. The molecule has 9 rings (SSSR count). The molecule has 3 aromatic rings. The number of aromatic amines is 1. The average molecular weight is 974 g/mol. The number of methoxy groups -OCH3 is 2. The molecule has 0 radical (unpaired) electrons. The number of benzene rings is 2. The normalized spacial score (nSPS) is 34.2. The van der Waals surface area contributed by atoms with Crippen molar-refractivity contribution in [2.75, 3.05) is 72.1 Å². The Labute approximate surface area is 407 Å². The van der Waals surface area contributed by atoms with Crippen molar-refractivity contribution in [3.05, 3.63) is 70.9 Å². The summed E-state index contributed by atoms with van der Waals surface area (Å²) in [5.41, 5.74) is -2.22. The van der Waals surface area contributed by atoms with Crippen molar-refractivity contribution in [3.8, 4) is 5.75 Å². The number of nitrogens with one attached hydrogen (secondary N) is 2. The van der Waals surface area contributed by atoms with Gasteiger partial charge in [0.15, 0.2) is 5.60 Å². The number of likely N-dealkylation sites (N-methyl/N-ethyl adjacent to an activating group) is 1. The monoisotopic (exact) mass is 974 g/mol. The van der Waals surface area contributed by atoms with Gasteiger partial charge in [0.1, 0.15) is 23.1 Å². The van der Waals surface area contributed by atoms with Crippen molar-refractivity contribution in [3.63, 3.8) is 0 Å². The third kappa shape index (κ3) is 7.40. The van der Waals surface area contributed by atoms with Crippen molar-refractivity contribution in [1.29, 1.82) is 0 Å². The number of esters is 1. The van der Waals surface area contributed by atoms with Gasteiger partial charge in [0.2, 0.25) is 0 Å². The molecule has 3 fully saturated rings. The molecule has 2 saturated heterocycles. The van der Waals surface area contributed by atoms with Gasteiger partial charge in [-0.15, -0.1) is 0 Å². The molecule has 6 heterocycles. The Hall–Kier alpha value is -3.79. The van der Waals surface area contributed by atoms with Crippen LogP contribution in [0.5, 0.6) is 5.75 Å². The van der Waals surface area contributed by atoms with Crippen LogP contribution in [-0.2, 0) is 45.2 Å². The molecular formula is C53H76N5O10P. The highest BCUT2D eigenvalue weighted by molar-refractivity contribution is 7.54. The number of aromatic nitrogens is 1. The second-order valence-electron chi connectivity index (χ2n) is 21.0. The number of carbonyl (C=O) groups is 2. The lowest BCUT2D eigenvalue weighted by Gasteiger charge is -2.63. The summed E-state index contributed by atoms with van der Waals surface area (Å²) in [5, 5.41) is 43.1. The van der Waals surface area contributed by atoms with Gasteiger partial charge in [0, 0.05) is 84.0 Å². The highest BCUT2D eigenvalue weighted by atomic mass is 31.2. The number of anilines is 1. The van der Waals surface area contributed by atoms with Gasteiger partial charge in [-0.3, -0.25) is 24.0 Å². The van der Waals surface area contributed by atoms with E-state index in [1.165, 1.54) is 7.11 Å². The number of fused-ring (bicyclic) bond motifs is 6. The van der Waals surface area contributed by atoms with E-state index in [4.69, 9.17) is 18.5 Å². The first-order valence-corrected chi connectivity index (χ1v) is 27.3. The number of hydrogen-bond acceptors (Lipinski definition) is 13. The minimum absolute atomic E-state index is 0.0884. The second kappa shape index (κ2) is 18.7. The number of unbranched alkanes of at least 4 members (excludes halogenated alkanes) is 2. The maximum absolute atomic E-state index is 15.7. The maximum Gasteiger partial charge on any atom is 0.352 e. The Balaban J connectivity index is 1.29. The summed E-state index contributed by atoms with van der Waals surface area (Å²) in [6.45, 7) is 12.9. The number of aliphatic hydroxyl groups is 3. The summed E-state index contributed by atoms with van der Waals surface area (Å²) < 4.78 is 38.8. The van der Waals surface area contributed by atoms with Crippen molar-refractivity contribution in [1.82, 2.24) is 20.1 Å². The van der Waals surface area contributed by atoms with Gasteiger partial charge >= 0.3 is 13.6 Å². The first-order valence-electron chi connectivity index (χ1n) is 25.7. The minimum atomic E-state index is -3.96. The van der Waals surface area contributed by atoms with E-state index >= 15 is 9.59 Å². The van der Waals surface area contributed by atoms with E-state index in [2.05, 4.69) is 39.2 Å². The number of hydrogen-bond donors (Lipinski definition) is 5. The Bertz CT molecular complexity index is 2510. The summed E-state index contributed by atoms with van der Waals surface area (Å²) in [6, 6.07) is 10.8. The Morgan fingerprint density at radius 2 is 1.72 bits per heavy atom. The van der Waals surface area contributed by atoms with Gasteiger partial charge in [0.05, 0.1) is 39.1 Å². The lowest BCUT2D eigenvalue weighted by Crippen LogP contribution is -2.82. The number of para-hydroxylation sites is 1. The van der Waals surface area contributed by atoms with E-state index in [-0.39, 0.29) is 31.6 Å². The van der Waals surface area contributed by atoms with Gasteiger partial charge in [-0.2, -0.15) is 0 Å². The summed E-state index contributed by atoms with van der Waals surface area (Å²) in [4.78, 5) is 41.6. The number of ether oxygens (including phenoxy) is 2. The molecule has 6 aliphatic rings. The fourth-order valence-corrected chi connectivity index (χ4v) is 16.7. The van der Waals surface area contributed by atoms with Crippen LogP contribution < -0.4 is 15.0 Å². The number of aliphatic hydroxyl groups excluding tert-OH is 1. The largest absolute Gasteiger partial charge is 0.496 e. The van der Waals surface area contributed by atoms with Gasteiger partial charge in [0.25, 0.3) is 5.91 Å². The zero-order chi connectivity index (χ0) is 49.3. The van der Waals surface area contributed by atoms with Gasteiger partial charge in [-0.25, -0.2) is 0 Å². The fraction of sp³-hybridized carbons (Fsp3) is 0.660. The van der Waals surface area contributed by atoms with Crippen LogP contribution in [-0.4, -0.2) is 144 Å². The molecular weight excluding hydrogens is 898 g/mol. The zero-order valence-corrected chi connectivity index (χ0v) is 42.9. The number of H-pyrrole nitrogens is 1. The molecule has 5 aliphatic heterocycles. The van der Waals surface area contributed by atoms with E-state index in [0.29, 0.717) is 94.7 Å². The molecule has 2 aromatic carbocycles. The summed E-state index contributed by atoms with van der Waals surface area (Å²) in [7, 11) is 0.939. The van der Waals surface area contributed by atoms with Crippen molar-refractivity contribution in [2.45, 2.75) is 145 Å². The SMILES string of the molecule is CCCCCC(NC(=O)[C@@]1(O)[C@H](O)[C@]2(CC)C=CCN3CC[C@@]4(c5cc([C@@]6(C(=O)OC)C[C@@H]7CN(CCc8c6[nH]c6ccccc86)C[C@](O)(CC)C7)c(OC)cc5N(C)[C@@H]14)[C@@H]32)P(=O)(OCC)OCC. The molecule has 69 heavy (non-hydrogen) atoms. The number of nitrogens with zero attached hydrogens (tertiary/aromatic N) is 3. The quantitative estimate of drug-likeness (QED) is 0.0452. The molecule has 5 N–H and O–H groups in total. The van der Waals surface area contributed by atoms with E-state index in [1.54, 1.807) is 21.0 Å². The lowest BCUT2D eigenvalue weighted by atomic mass is 9.47. The lowest BCUT2D eigenvalue weighted by molar-refractivity contribution is -0.203. The minimum Gasteiger partial charge on any atom is -0.496 e. The first-order chi connectivity index (χ1) is 33.1. The van der Waals surface area contributed by atoms with Crippen LogP contribution in [0.2, 0.25) is 0 Å². The zero-order valence-electron chi connectivity index (χ0n) is 42.0. The molecule has 1 saturated carbocycles. The van der Waals surface area contributed by atoms with Crippen molar-refractivity contribution < 1.29 is 48.0 Å². The Morgan fingerprint density at radius 1 is 0.971 bits per heavy atom. The fourth-order valence-electron chi connectivity index (χ4n) is 14.8. The standard InChI is InChI=1S/C53H76N5O10P/c1-9-14-15-21-42(69(64,67-12-4)68-13-5)55-47(60)53(63)45-51(24-27-58-25-18-23-50(11-3,44(51)58)46(53)59)37-28-38(41(65-7)29-40(37)56(45)6)52(48(61)66-8)31-34-30-49(62,10-2)33-57(32-34)26-22-36-35-19-16-17-20-39(35)54-43(36)52/h16-20,23,28-29,34,42,44-46,54,59,62-63H,9-15,21-22,24-27,30-33H2,1-8H3,(H,55,60)/t34-,42?,44+,45-,46-,49+,50-,51-,52+,53+/m1/s1. The van der Waals surface area contributed by atoms with Gasteiger partial charge < -0.3 is 49.0 Å². The van der Waals surface area contributed by atoms with E-state index in [1.807, 2.05) is 62.2 Å². The van der Waals surface area contributed by atoms with Crippen LogP contribution in [0, 0.1) is 11.3 Å². The molecule has 2 bridgehead atoms. The van der Waals surface area contributed by atoms with Crippen molar-refractivity contribution in [2.24, 2.45) is 11.3 Å². The predicted molar refractivity (Wildman–Crippen MR) is 266 cm³/mol. The number of rotatable bonds is 16. The Morgan fingerprint density at radius 3 is 2.41 bits per heavy atom. The van der Waals surface area contributed by atoms with Crippen LogP contribution >= 0.6 is 7.60 Å². The van der Waals surface area contributed by atoms with Crippen molar-refractivity contribution >= 4 is 36.1 Å². The second-order valence-corrected chi connectivity index (χ2v) is 23.2. The Kier molecular flexibility index (Phi) is 13.6. The third-order valence-electron chi connectivity index (χ3n) is 17.6. The molecule has 1 aromatic heterocycles. The number of carbonyl (C=O) groups excluding carboxylic acids is 2. The topological polar surface area (TPSA) is 186 Å². The molecule has 16 heteroatoms. The molecule has 1 amide bonds. The van der Waals surface area contributed by atoms with Gasteiger partial charge in [-0.05, 0) is 94.5 Å². The van der Waals surface area contributed by atoms with E-state index in [0.717, 1.165) is 40.6 Å².